The van der Waals surface area contributed by atoms with Crippen LogP contribution < -0.4 is 10.2 Å². The van der Waals surface area contributed by atoms with E-state index >= 15 is 0 Å². The van der Waals surface area contributed by atoms with Gasteiger partial charge in [-0.2, -0.15) is 0 Å². The summed E-state index contributed by atoms with van der Waals surface area (Å²) in [6.07, 6.45) is 1.27. The summed E-state index contributed by atoms with van der Waals surface area (Å²) in [5.74, 6) is -1.29. The number of carbonyl (C=O) groups is 1. The summed E-state index contributed by atoms with van der Waals surface area (Å²) in [7, 11) is 0. The SMILES string of the molecule is CCOC(=O)C[C@H](C1=Cc2ccccc2O[C@@H]1C)c1oc(CO)cc(=O)c1O. The molecule has 1 aliphatic rings. The molecule has 2 atom stereocenters. The Hall–Kier alpha value is -3.06. The van der Waals surface area contributed by atoms with Crippen molar-refractivity contribution in [3.8, 4) is 11.5 Å². The molecule has 2 heterocycles. The Kier molecular flexibility index (Phi) is 5.84. The predicted octanol–water partition coefficient (Wildman–Crippen LogP) is 2.74. The summed E-state index contributed by atoms with van der Waals surface area (Å²) in [4.78, 5) is 24.3. The fraction of sp³-hybridized carbons (Fsp3) is 0.333. The molecule has 3 rings (SSSR count). The van der Waals surface area contributed by atoms with Crippen molar-refractivity contribution < 1.29 is 28.9 Å². The molecule has 7 heteroatoms. The summed E-state index contributed by atoms with van der Waals surface area (Å²) >= 11 is 0. The zero-order valence-electron chi connectivity index (χ0n) is 15.7. The van der Waals surface area contributed by atoms with Crippen LogP contribution in [0.2, 0.25) is 0 Å². The fourth-order valence-corrected chi connectivity index (χ4v) is 3.26. The van der Waals surface area contributed by atoms with Crippen LogP contribution in [0.4, 0.5) is 0 Å². The van der Waals surface area contributed by atoms with Crippen molar-refractivity contribution in [3.63, 3.8) is 0 Å². The third-order valence-electron chi connectivity index (χ3n) is 4.57. The van der Waals surface area contributed by atoms with Crippen LogP contribution in [-0.4, -0.2) is 28.9 Å². The molecule has 28 heavy (non-hydrogen) atoms. The number of aliphatic hydroxyl groups excluding tert-OH is 1. The number of hydrogen-bond acceptors (Lipinski definition) is 7. The van der Waals surface area contributed by atoms with E-state index in [1.165, 1.54) is 0 Å². The maximum Gasteiger partial charge on any atom is 0.306 e. The van der Waals surface area contributed by atoms with E-state index in [4.69, 9.17) is 13.9 Å². The van der Waals surface area contributed by atoms with E-state index in [1.807, 2.05) is 37.3 Å². The zero-order valence-corrected chi connectivity index (χ0v) is 15.7. The number of benzene rings is 1. The zero-order chi connectivity index (χ0) is 20.3. The molecule has 0 fully saturated rings. The van der Waals surface area contributed by atoms with Gasteiger partial charge in [-0.15, -0.1) is 0 Å². The molecule has 148 valence electrons. The van der Waals surface area contributed by atoms with Gasteiger partial charge < -0.3 is 24.1 Å². The van der Waals surface area contributed by atoms with Crippen LogP contribution in [0.3, 0.4) is 0 Å². The number of aromatic hydroxyl groups is 1. The number of ether oxygens (including phenoxy) is 2. The van der Waals surface area contributed by atoms with Crippen molar-refractivity contribution in [1.29, 1.82) is 0 Å². The monoisotopic (exact) mass is 386 g/mol. The summed E-state index contributed by atoms with van der Waals surface area (Å²) in [5, 5.41) is 19.7. The molecule has 2 aromatic rings. The molecule has 0 saturated carbocycles. The van der Waals surface area contributed by atoms with Crippen LogP contribution in [0.25, 0.3) is 6.08 Å². The van der Waals surface area contributed by atoms with Crippen molar-refractivity contribution >= 4 is 12.0 Å². The van der Waals surface area contributed by atoms with Crippen LogP contribution in [0.5, 0.6) is 11.5 Å². The molecule has 1 aromatic heterocycles. The summed E-state index contributed by atoms with van der Waals surface area (Å²) in [5.41, 5.74) is 0.773. The molecule has 7 nitrogen and oxygen atoms in total. The third kappa shape index (κ3) is 3.94. The van der Waals surface area contributed by atoms with Gasteiger partial charge in [0.25, 0.3) is 0 Å². The van der Waals surface area contributed by atoms with Crippen LogP contribution in [0.1, 0.15) is 43.3 Å². The first kappa shape index (κ1) is 19.7. The average Bonchev–Trinajstić information content (AvgIpc) is 2.68. The molecule has 1 aromatic carbocycles. The number of para-hydroxylation sites is 1. The largest absolute Gasteiger partial charge is 0.502 e. The van der Waals surface area contributed by atoms with Crippen molar-refractivity contribution in [3.05, 3.63) is 63.2 Å². The van der Waals surface area contributed by atoms with Gasteiger partial charge in [0.15, 0.2) is 5.76 Å². The fourth-order valence-electron chi connectivity index (χ4n) is 3.26. The van der Waals surface area contributed by atoms with Gasteiger partial charge in [-0.1, -0.05) is 18.2 Å². The molecule has 2 N–H and O–H groups in total. The molecule has 0 amide bonds. The Morgan fingerprint density at radius 1 is 1.32 bits per heavy atom. The topological polar surface area (TPSA) is 106 Å². The molecular formula is C21H22O7. The smallest absolute Gasteiger partial charge is 0.306 e. The maximum absolute atomic E-state index is 12.2. The lowest BCUT2D eigenvalue weighted by atomic mass is 9.86. The molecule has 0 radical (unpaired) electrons. The quantitative estimate of drug-likeness (QED) is 0.735. The van der Waals surface area contributed by atoms with E-state index in [2.05, 4.69) is 0 Å². The first-order valence-corrected chi connectivity index (χ1v) is 9.04. The number of fused-ring (bicyclic) bond motifs is 1. The summed E-state index contributed by atoms with van der Waals surface area (Å²) in [6, 6.07) is 8.43. The van der Waals surface area contributed by atoms with Crippen molar-refractivity contribution in [2.45, 2.75) is 38.9 Å². The lowest BCUT2D eigenvalue weighted by Crippen LogP contribution is -2.26. The maximum atomic E-state index is 12.2. The number of rotatable bonds is 6. The minimum absolute atomic E-state index is 0.00274. The predicted molar refractivity (Wildman–Crippen MR) is 101 cm³/mol. The number of hydrogen-bond donors (Lipinski definition) is 2. The van der Waals surface area contributed by atoms with Crippen LogP contribution in [-0.2, 0) is 16.1 Å². The molecule has 0 spiro atoms. The lowest BCUT2D eigenvalue weighted by molar-refractivity contribution is -0.143. The highest BCUT2D eigenvalue weighted by atomic mass is 16.5. The highest BCUT2D eigenvalue weighted by Crippen LogP contribution is 2.40. The standard InChI is InChI=1S/C21H22O7/c1-3-26-19(24)10-16(21-20(25)17(23)9-14(11-22)28-21)15-8-13-6-4-5-7-18(13)27-12(15)2/h4-9,12,16,22,25H,3,10-11H2,1-2H3/t12-,16-/m1/s1. The number of carbonyl (C=O) groups excluding carboxylic acids is 1. The summed E-state index contributed by atoms with van der Waals surface area (Å²) in [6.45, 7) is 3.19. The van der Waals surface area contributed by atoms with Crippen molar-refractivity contribution in [1.82, 2.24) is 0 Å². The molecule has 0 bridgehead atoms. The first-order valence-electron chi connectivity index (χ1n) is 9.04. The Bertz CT molecular complexity index is 957. The van der Waals surface area contributed by atoms with E-state index in [0.717, 1.165) is 11.6 Å². The second-order valence-electron chi connectivity index (χ2n) is 6.45. The Balaban J connectivity index is 2.13. The molecular weight excluding hydrogens is 364 g/mol. The second kappa shape index (κ2) is 8.31. The van der Waals surface area contributed by atoms with Crippen LogP contribution >= 0.6 is 0 Å². The van der Waals surface area contributed by atoms with Gasteiger partial charge in [0, 0.05) is 11.6 Å². The van der Waals surface area contributed by atoms with E-state index < -0.39 is 35.8 Å². The van der Waals surface area contributed by atoms with Gasteiger partial charge in [0.1, 0.15) is 24.2 Å². The third-order valence-corrected chi connectivity index (χ3v) is 4.57. The Morgan fingerprint density at radius 2 is 2.07 bits per heavy atom. The van der Waals surface area contributed by atoms with Crippen LogP contribution in [0.15, 0.2) is 45.1 Å². The van der Waals surface area contributed by atoms with E-state index in [1.54, 1.807) is 6.92 Å². The molecule has 0 saturated heterocycles. The highest BCUT2D eigenvalue weighted by molar-refractivity contribution is 5.73. The number of aliphatic hydroxyl groups is 1. The first-order chi connectivity index (χ1) is 13.4. The van der Waals surface area contributed by atoms with Crippen molar-refractivity contribution in [2.75, 3.05) is 6.61 Å². The highest BCUT2D eigenvalue weighted by Gasteiger charge is 2.33. The second-order valence-corrected chi connectivity index (χ2v) is 6.45. The Labute approximate surface area is 161 Å². The van der Waals surface area contributed by atoms with E-state index in [-0.39, 0.29) is 24.5 Å². The molecule has 0 aliphatic carbocycles. The molecule has 1 aliphatic heterocycles. The minimum Gasteiger partial charge on any atom is -0.502 e. The lowest BCUT2D eigenvalue weighted by Gasteiger charge is -2.29. The Morgan fingerprint density at radius 3 is 2.79 bits per heavy atom. The average molecular weight is 386 g/mol. The van der Waals surface area contributed by atoms with Gasteiger partial charge in [0.05, 0.1) is 18.9 Å². The van der Waals surface area contributed by atoms with Gasteiger partial charge in [-0.3, -0.25) is 9.59 Å². The van der Waals surface area contributed by atoms with E-state index in [9.17, 15) is 19.8 Å². The normalized spacial score (nSPS) is 16.5. The summed E-state index contributed by atoms with van der Waals surface area (Å²) < 4.78 is 16.6. The van der Waals surface area contributed by atoms with Crippen molar-refractivity contribution in [2.24, 2.45) is 0 Å². The van der Waals surface area contributed by atoms with E-state index in [0.29, 0.717) is 11.3 Å². The van der Waals surface area contributed by atoms with Gasteiger partial charge in [-0.05, 0) is 31.6 Å². The van der Waals surface area contributed by atoms with Gasteiger partial charge in [-0.25, -0.2) is 0 Å². The van der Waals surface area contributed by atoms with Gasteiger partial charge in [0.2, 0.25) is 11.2 Å². The molecule has 0 unspecified atom stereocenters. The number of esters is 1. The minimum atomic E-state index is -0.790. The van der Waals surface area contributed by atoms with Crippen LogP contribution in [0, 0.1) is 0 Å². The van der Waals surface area contributed by atoms with Gasteiger partial charge >= 0.3 is 5.97 Å².